The van der Waals surface area contributed by atoms with Crippen molar-refractivity contribution in [3.8, 4) is 17.5 Å². The predicted molar refractivity (Wildman–Crippen MR) is 86.0 cm³/mol. The van der Waals surface area contributed by atoms with Crippen LogP contribution in [-0.2, 0) is 0 Å². The molecule has 0 aliphatic heterocycles. The van der Waals surface area contributed by atoms with Crippen LogP contribution in [0.15, 0.2) is 37.1 Å². The summed E-state index contributed by atoms with van der Waals surface area (Å²) in [6.07, 6.45) is 6.59. The van der Waals surface area contributed by atoms with E-state index in [0.29, 0.717) is 5.69 Å². The molecule has 0 radical (unpaired) electrons. The lowest BCUT2D eigenvalue weighted by atomic mass is 10.2. The second-order valence-corrected chi connectivity index (χ2v) is 5.33. The summed E-state index contributed by atoms with van der Waals surface area (Å²) in [5, 5.41) is -0.191. The van der Waals surface area contributed by atoms with Gasteiger partial charge < -0.3 is 4.57 Å². The molecule has 3 heterocycles. The van der Waals surface area contributed by atoms with E-state index in [4.69, 9.17) is 11.6 Å². The van der Waals surface area contributed by atoms with Gasteiger partial charge in [0.25, 0.3) is 0 Å². The molecule has 23 heavy (non-hydrogen) atoms. The number of rotatable bonds is 1. The molecule has 0 unspecified atom stereocenters. The maximum Gasteiger partial charge on any atom is 0.176 e. The van der Waals surface area contributed by atoms with Gasteiger partial charge in [-0.15, -0.1) is 0 Å². The number of nitrogens with zero attached hydrogens (tertiary/aromatic N) is 4. The lowest BCUT2D eigenvalue weighted by molar-refractivity contribution is 0.618. The molecule has 114 valence electrons. The Balaban J connectivity index is 1.90. The quantitative estimate of drug-likeness (QED) is 0.508. The van der Waals surface area contributed by atoms with Crippen molar-refractivity contribution < 1.29 is 4.39 Å². The largest absolute Gasteiger partial charge is 0.303 e. The minimum Gasteiger partial charge on any atom is -0.303 e. The van der Waals surface area contributed by atoms with Gasteiger partial charge in [-0.05, 0) is 37.5 Å². The van der Waals surface area contributed by atoms with Gasteiger partial charge in [-0.25, -0.2) is 14.4 Å². The van der Waals surface area contributed by atoms with Crippen LogP contribution in [0.3, 0.4) is 0 Å². The topological polar surface area (TPSA) is 43.6 Å². The lowest BCUT2D eigenvalue weighted by Crippen LogP contribution is -1.94. The van der Waals surface area contributed by atoms with Crippen LogP contribution in [0.1, 0.15) is 22.5 Å². The van der Waals surface area contributed by atoms with E-state index in [1.807, 2.05) is 24.5 Å². The summed E-state index contributed by atoms with van der Waals surface area (Å²) in [6, 6.07) is 3.49. The van der Waals surface area contributed by atoms with E-state index < -0.39 is 5.82 Å². The number of aryl methyl sites for hydroxylation is 2. The van der Waals surface area contributed by atoms with Gasteiger partial charge in [-0.1, -0.05) is 17.5 Å². The molecule has 3 aromatic heterocycles. The van der Waals surface area contributed by atoms with Crippen molar-refractivity contribution in [1.82, 2.24) is 19.5 Å². The zero-order chi connectivity index (χ0) is 16.4. The van der Waals surface area contributed by atoms with E-state index in [1.165, 1.54) is 12.3 Å². The third kappa shape index (κ3) is 3.22. The number of halogens is 2. The summed E-state index contributed by atoms with van der Waals surface area (Å²) in [5.41, 5.74) is 3.69. The van der Waals surface area contributed by atoms with Gasteiger partial charge >= 0.3 is 0 Å². The molecule has 0 amide bonds. The highest BCUT2D eigenvalue weighted by atomic mass is 35.5. The first-order valence-corrected chi connectivity index (χ1v) is 7.22. The molecule has 0 aromatic carbocycles. The van der Waals surface area contributed by atoms with E-state index >= 15 is 0 Å². The van der Waals surface area contributed by atoms with Crippen LogP contribution < -0.4 is 0 Å². The van der Waals surface area contributed by atoms with E-state index in [9.17, 15) is 4.39 Å². The number of hydrogen-bond donors (Lipinski definition) is 0. The highest BCUT2D eigenvalue weighted by molar-refractivity contribution is 6.29. The molecule has 0 atom stereocenters. The van der Waals surface area contributed by atoms with Crippen LogP contribution >= 0.6 is 11.6 Å². The van der Waals surface area contributed by atoms with Crippen LogP contribution in [0.25, 0.3) is 5.69 Å². The van der Waals surface area contributed by atoms with Crippen LogP contribution in [0.4, 0.5) is 4.39 Å². The molecule has 0 saturated carbocycles. The van der Waals surface area contributed by atoms with E-state index in [-0.39, 0.29) is 10.7 Å². The standard InChI is InChI=1S/C17H12ClFN4/c1-11-7-15(8-21-12(11)2)23-9-14(22-10-23)4-3-13-5-6-20-17(18)16(13)19/h5-10H,1-2H3. The van der Waals surface area contributed by atoms with Crippen LogP contribution in [-0.4, -0.2) is 19.5 Å². The summed E-state index contributed by atoms with van der Waals surface area (Å²) in [6.45, 7) is 3.96. The first-order valence-electron chi connectivity index (χ1n) is 6.84. The minimum absolute atomic E-state index is 0.187. The van der Waals surface area contributed by atoms with Crippen LogP contribution in [0.2, 0.25) is 5.15 Å². The van der Waals surface area contributed by atoms with E-state index in [1.54, 1.807) is 18.7 Å². The molecular formula is C17H12ClFN4. The maximum atomic E-state index is 13.7. The summed E-state index contributed by atoms with van der Waals surface area (Å²) < 4.78 is 15.5. The first kappa shape index (κ1) is 15.2. The molecule has 3 aromatic rings. The van der Waals surface area contributed by atoms with Crippen molar-refractivity contribution in [1.29, 1.82) is 0 Å². The highest BCUT2D eigenvalue weighted by Gasteiger charge is 2.05. The van der Waals surface area contributed by atoms with Gasteiger partial charge in [0.1, 0.15) is 12.0 Å². The predicted octanol–water partition coefficient (Wildman–Crippen LogP) is 3.47. The smallest absolute Gasteiger partial charge is 0.176 e. The van der Waals surface area contributed by atoms with Crippen molar-refractivity contribution in [2.45, 2.75) is 13.8 Å². The van der Waals surface area contributed by atoms with Gasteiger partial charge in [0.05, 0.1) is 17.4 Å². The summed E-state index contributed by atoms with van der Waals surface area (Å²) in [7, 11) is 0. The molecule has 6 heteroatoms. The molecule has 3 rings (SSSR count). The number of pyridine rings is 2. The zero-order valence-electron chi connectivity index (χ0n) is 12.5. The Morgan fingerprint density at radius 2 is 2.00 bits per heavy atom. The Hall–Kier alpha value is -2.71. The third-order valence-electron chi connectivity index (χ3n) is 3.38. The molecule has 0 fully saturated rings. The molecule has 0 saturated heterocycles. The van der Waals surface area contributed by atoms with Crippen molar-refractivity contribution in [3.63, 3.8) is 0 Å². The fourth-order valence-corrected chi connectivity index (χ4v) is 2.10. The second kappa shape index (κ2) is 6.19. The molecule has 0 spiro atoms. The number of hydrogen-bond acceptors (Lipinski definition) is 3. The normalized spacial score (nSPS) is 10.3. The summed E-state index contributed by atoms with van der Waals surface area (Å²) in [5.74, 6) is 4.91. The number of imidazole rings is 1. The average molecular weight is 327 g/mol. The SMILES string of the molecule is Cc1cc(-n2cnc(C#Cc3ccnc(Cl)c3F)c2)cnc1C. The summed E-state index contributed by atoms with van der Waals surface area (Å²) in [4.78, 5) is 12.2. The molecule has 0 aliphatic rings. The van der Waals surface area contributed by atoms with Crippen molar-refractivity contribution >= 4 is 11.6 Å². The first-order chi connectivity index (χ1) is 11.0. The van der Waals surface area contributed by atoms with E-state index in [0.717, 1.165) is 16.9 Å². The van der Waals surface area contributed by atoms with Gasteiger partial charge in [-0.2, -0.15) is 0 Å². The van der Waals surface area contributed by atoms with Crippen molar-refractivity contribution in [2.24, 2.45) is 0 Å². The van der Waals surface area contributed by atoms with E-state index in [2.05, 4.69) is 26.8 Å². The Bertz CT molecular complexity index is 937. The van der Waals surface area contributed by atoms with Crippen LogP contribution in [0, 0.1) is 31.5 Å². The second-order valence-electron chi connectivity index (χ2n) is 4.98. The van der Waals surface area contributed by atoms with Crippen molar-refractivity contribution in [3.05, 3.63) is 70.5 Å². The maximum absolute atomic E-state index is 13.7. The fourth-order valence-electron chi connectivity index (χ4n) is 1.94. The average Bonchev–Trinajstić information content (AvgIpc) is 3.00. The van der Waals surface area contributed by atoms with Crippen molar-refractivity contribution in [2.75, 3.05) is 0 Å². The van der Waals surface area contributed by atoms with Crippen LogP contribution in [0.5, 0.6) is 0 Å². The molecule has 0 aliphatic carbocycles. The number of aromatic nitrogens is 4. The van der Waals surface area contributed by atoms with Gasteiger partial charge in [0.2, 0.25) is 0 Å². The Kier molecular flexibility index (Phi) is 4.09. The Morgan fingerprint density at radius 1 is 1.17 bits per heavy atom. The Morgan fingerprint density at radius 3 is 2.78 bits per heavy atom. The molecule has 0 N–H and O–H groups in total. The fraction of sp³-hybridized carbons (Fsp3) is 0.118. The van der Waals surface area contributed by atoms with Gasteiger partial charge in [-0.3, -0.25) is 4.98 Å². The Labute approximate surface area is 138 Å². The third-order valence-corrected chi connectivity index (χ3v) is 3.64. The molecular weight excluding hydrogens is 315 g/mol. The highest BCUT2D eigenvalue weighted by Crippen LogP contribution is 2.14. The van der Waals surface area contributed by atoms with Gasteiger partial charge in [0, 0.05) is 18.1 Å². The minimum atomic E-state index is -0.626. The molecule has 4 nitrogen and oxygen atoms in total. The summed E-state index contributed by atoms with van der Waals surface area (Å²) >= 11 is 5.63. The van der Waals surface area contributed by atoms with Gasteiger partial charge in [0.15, 0.2) is 11.0 Å². The lowest BCUT2D eigenvalue weighted by Gasteiger charge is -2.04. The zero-order valence-corrected chi connectivity index (χ0v) is 13.3. The monoisotopic (exact) mass is 326 g/mol. The molecule has 0 bridgehead atoms.